The molecule has 102 valence electrons. The van der Waals surface area contributed by atoms with Gasteiger partial charge in [-0.2, -0.15) is 4.98 Å². The molecular formula is C14H20N4O. The third-order valence-corrected chi connectivity index (χ3v) is 2.76. The number of nitrogens with zero attached hydrogens (tertiary/aromatic N) is 3. The van der Waals surface area contributed by atoms with Crippen LogP contribution in [0.1, 0.15) is 24.1 Å². The van der Waals surface area contributed by atoms with Crippen molar-refractivity contribution >= 4 is 11.8 Å². The van der Waals surface area contributed by atoms with Crippen LogP contribution < -0.4 is 10.2 Å². The summed E-state index contributed by atoms with van der Waals surface area (Å²) < 4.78 is 5.58. The molecule has 2 aromatic heterocycles. The predicted molar refractivity (Wildman–Crippen MR) is 76.5 cm³/mol. The molecule has 0 fully saturated rings. The lowest BCUT2D eigenvalue weighted by molar-refractivity contribution is 0.481. The van der Waals surface area contributed by atoms with E-state index < -0.39 is 0 Å². The van der Waals surface area contributed by atoms with Crippen molar-refractivity contribution in [1.82, 2.24) is 9.97 Å². The fraction of sp³-hybridized carbons (Fsp3) is 0.429. The van der Waals surface area contributed by atoms with Gasteiger partial charge < -0.3 is 14.6 Å². The van der Waals surface area contributed by atoms with Crippen LogP contribution in [0.5, 0.6) is 0 Å². The van der Waals surface area contributed by atoms with Crippen LogP contribution in [0, 0.1) is 13.8 Å². The molecule has 2 rings (SSSR count). The molecule has 0 aliphatic rings. The van der Waals surface area contributed by atoms with E-state index in [9.17, 15) is 0 Å². The van der Waals surface area contributed by atoms with E-state index in [4.69, 9.17) is 4.42 Å². The molecule has 19 heavy (non-hydrogen) atoms. The van der Waals surface area contributed by atoms with Gasteiger partial charge in [-0.05, 0) is 32.9 Å². The number of nitrogens with one attached hydrogen (secondary N) is 1. The monoisotopic (exact) mass is 260 g/mol. The molecule has 0 saturated carbocycles. The number of aromatic nitrogens is 2. The van der Waals surface area contributed by atoms with Crippen LogP contribution in [0.4, 0.5) is 11.8 Å². The van der Waals surface area contributed by atoms with Gasteiger partial charge in [-0.25, -0.2) is 4.98 Å². The highest BCUT2D eigenvalue weighted by molar-refractivity contribution is 5.44. The summed E-state index contributed by atoms with van der Waals surface area (Å²) in [5.41, 5.74) is 0.948. The third-order valence-electron chi connectivity index (χ3n) is 2.76. The second-order valence-corrected chi connectivity index (χ2v) is 4.59. The van der Waals surface area contributed by atoms with E-state index in [1.807, 2.05) is 50.9 Å². The van der Waals surface area contributed by atoms with Crippen molar-refractivity contribution in [2.24, 2.45) is 0 Å². The summed E-state index contributed by atoms with van der Waals surface area (Å²) in [5.74, 6) is 3.41. The summed E-state index contributed by atoms with van der Waals surface area (Å²) in [6.07, 6.45) is 0. The van der Waals surface area contributed by atoms with Crippen LogP contribution in [0.25, 0.3) is 0 Å². The van der Waals surface area contributed by atoms with Crippen LogP contribution in [0.2, 0.25) is 0 Å². The largest absolute Gasteiger partial charge is 0.464 e. The van der Waals surface area contributed by atoms with Gasteiger partial charge >= 0.3 is 0 Å². The minimum atomic E-state index is 0.667. The highest BCUT2D eigenvalue weighted by Gasteiger charge is 2.09. The first-order valence-corrected chi connectivity index (χ1v) is 6.44. The first kappa shape index (κ1) is 13.4. The molecule has 0 saturated heterocycles. The average molecular weight is 260 g/mol. The van der Waals surface area contributed by atoms with Crippen LogP contribution in [-0.4, -0.2) is 23.6 Å². The molecule has 0 unspecified atom stereocenters. The molecular weight excluding hydrogens is 240 g/mol. The average Bonchev–Trinajstić information content (AvgIpc) is 2.74. The van der Waals surface area contributed by atoms with Gasteiger partial charge in [0, 0.05) is 25.4 Å². The minimum Gasteiger partial charge on any atom is -0.464 e. The van der Waals surface area contributed by atoms with Gasteiger partial charge in [-0.3, -0.25) is 0 Å². The Bertz CT molecular complexity index is 550. The zero-order valence-electron chi connectivity index (χ0n) is 11.9. The van der Waals surface area contributed by atoms with Crippen LogP contribution in [0.3, 0.4) is 0 Å². The predicted octanol–water partition coefficient (Wildman–Crippen LogP) is 2.75. The lowest BCUT2D eigenvalue weighted by Gasteiger charge is -2.18. The summed E-state index contributed by atoms with van der Waals surface area (Å²) in [5, 5.41) is 3.14. The highest BCUT2D eigenvalue weighted by Crippen LogP contribution is 2.17. The fourth-order valence-corrected chi connectivity index (χ4v) is 1.87. The Kier molecular flexibility index (Phi) is 4.04. The van der Waals surface area contributed by atoms with Crippen molar-refractivity contribution in [3.63, 3.8) is 0 Å². The molecule has 2 heterocycles. The van der Waals surface area contributed by atoms with E-state index in [1.54, 1.807) is 0 Å². The quantitative estimate of drug-likeness (QED) is 0.895. The first-order valence-electron chi connectivity index (χ1n) is 6.44. The summed E-state index contributed by atoms with van der Waals surface area (Å²) in [4.78, 5) is 10.9. The molecule has 0 aliphatic carbocycles. The number of aryl methyl sites for hydroxylation is 2. The molecule has 5 nitrogen and oxygen atoms in total. The molecule has 0 amide bonds. The first-order chi connectivity index (χ1) is 9.08. The smallest absolute Gasteiger partial charge is 0.224 e. The Hall–Kier alpha value is -2.04. The zero-order valence-corrected chi connectivity index (χ0v) is 11.9. The zero-order chi connectivity index (χ0) is 13.8. The molecule has 0 atom stereocenters. The number of hydrogen-bond acceptors (Lipinski definition) is 5. The summed E-state index contributed by atoms with van der Waals surface area (Å²) >= 11 is 0. The SMILES string of the molecule is CCNc1nc(C)cc(N(C)Cc2ccc(C)o2)n1. The Labute approximate surface area is 113 Å². The minimum absolute atomic E-state index is 0.667. The maximum atomic E-state index is 5.58. The standard InChI is InChI=1S/C14H20N4O/c1-5-15-14-16-10(2)8-13(17-14)18(4)9-12-7-6-11(3)19-12/h6-8H,5,9H2,1-4H3,(H,15,16,17). The van der Waals surface area contributed by atoms with Gasteiger partial charge in [-0.1, -0.05) is 0 Å². The Morgan fingerprint density at radius 2 is 2.05 bits per heavy atom. The Balaban J connectivity index is 2.15. The second kappa shape index (κ2) is 5.73. The van der Waals surface area contributed by atoms with Gasteiger partial charge in [0.05, 0.1) is 6.54 Å². The van der Waals surface area contributed by atoms with Gasteiger partial charge in [0.15, 0.2) is 0 Å². The van der Waals surface area contributed by atoms with E-state index >= 15 is 0 Å². The van der Waals surface area contributed by atoms with Gasteiger partial charge in [0.25, 0.3) is 0 Å². The maximum Gasteiger partial charge on any atom is 0.224 e. The topological polar surface area (TPSA) is 54.2 Å². The molecule has 0 spiro atoms. The maximum absolute atomic E-state index is 5.58. The normalized spacial score (nSPS) is 10.5. The van der Waals surface area contributed by atoms with E-state index in [0.29, 0.717) is 12.5 Å². The molecule has 0 radical (unpaired) electrons. The summed E-state index contributed by atoms with van der Waals surface area (Å²) in [7, 11) is 2.00. The molecule has 0 aromatic carbocycles. The van der Waals surface area contributed by atoms with Crippen molar-refractivity contribution in [3.05, 3.63) is 35.4 Å². The molecule has 1 N–H and O–H groups in total. The van der Waals surface area contributed by atoms with E-state index in [0.717, 1.165) is 29.6 Å². The van der Waals surface area contributed by atoms with Gasteiger partial charge in [0.2, 0.25) is 5.95 Å². The number of furan rings is 1. The Morgan fingerprint density at radius 1 is 1.26 bits per heavy atom. The lowest BCUT2D eigenvalue weighted by Crippen LogP contribution is -2.18. The fourth-order valence-electron chi connectivity index (χ4n) is 1.87. The van der Waals surface area contributed by atoms with E-state index in [-0.39, 0.29) is 0 Å². The number of anilines is 2. The van der Waals surface area contributed by atoms with E-state index in [1.165, 1.54) is 0 Å². The number of hydrogen-bond donors (Lipinski definition) is 1. The van der Waals surface area contributed by atoms with Crippen molar-refractivity contribution in [3.8, 4) is 0 Å². The van der Waals surface area contributed by atoms with Crippen molar-refractivity contribution < 1.29 is 4.42 Å². The summed E-state index contributed by atoms with van der Waals surface area (Å²) in [6.45, 7) is 7.44. The van der Waals surface area contributed by atoms with Crippen LogP contribution >= 0.6 is 0 Å². The van der Waals surface area contributed by atoms with Crippen LogP contribution in [0.15, 0.2) is 22.6 Å². The highest BCUT2D eigenvalue weighted by atomic mass is 16.3. The molecule has 0 bridgehead atoms. The molecule has 2 aromatic rings. The second-order valence-electron chi connectivity index (χ2n) is 4.59. The summed E-state index contributed by atoms with van der Waals surface area (Å²) in [6, 6.07) is 5.93. The van der Waals surface area contributed by atoms with Crippen molar-refractivity contribution in [1.29, 1.82) is 0 Å². The van der Waals surface area contributed by atoms with E-state index in [2.05, 4.69) is 15.3 Å². The van der Waals surface area contributed by atoms with Crippen molar-refractivity contribution in [2.45, 2.75) is 27.3 Å². The van der Waals surface area contributed by atoms with Gasteiger partial charge in [-0.15, -0.1) is 0 Å². The molecule has 5 heteroatoms. The third kappa shape index (κ3) is 3.47. The van der Waals surface area contributed by atoms with Gasteiger partial charge in [0.1, 0.15) is 17.3 Å². The van der Waals surface area contributed by atoms with Crippen molar-refractivity contribution in [2.75, 3.05) is 23.8 Å². The lowest BCUT2D eigenvalue weighted by atomic mass is 10.3. The Morgan fingerprint density at radius 3 is 2.68 bits per heavy atom. The van der Waals surface area contributed by atoms with Crippen LogP contribution in [-0.2, 0) is 6.54 Å². The molecule has 0 aliphatic heterocycles. The number of rotatable bonds is 5.